The Morgan fingerprint density at radius 2 is 1.89 bits per heavy atom. The molecule has 0 spiro atoms. The van der Waals surface area contributed by atoms with Crippen molar-refractivity contribution in [3.05, 3.63) is 87.3 Å². The Hall–Kier alpha value is -2.92. The number of hydrogen-bond donors (Lipinski definition) is 1. The molecule has 140 valence electrons. The van der Waals surface area contributed by atoms with Gasteiger partial charge in [0.05, 0.1) is 10.6 Å². The van der Waals surface area contributed by atoms with Crippen LogP contribution in [0.15, 0.2) is 54.6 Å². The largest absolute Gasteiger partial charge is 0.454 e. The van der Waals surface area contributed by atoms with E-state index in [0.717, 1.165) is 29.0 Å². The van der Waals surface area contributed by atoms with Gasteiger partial charge in [0.2, 0.25) is 0 Å². The fraction of sp³-hybridized carbons (Fsp3) is 0.217. The van der Waals surface area contributed by atoms with Gasteiger partial charge in [-0.3, -0.25) is 4.79 Å². The fourth-order valence-electron chi connectivity index (χ4n) is 3.97. The molecule has 2 aromatic carbocycles. The average Bonchev–Trinajstić information content (AvgIpc) is 3.30. The van der Waals surface area contributed by atoms with Gasteiger partial charge < -0.3 is 10.1 Å². The van der Waals surface area contributed by atoms with E-state index in [9.17, 15) is 9.59 Å². The zero-order chi connectivity index (χ0) is 19.1. The second-order valence-corrected chi connectivity index (χ2v) is 8.38. The minimum Gasteiger partial charge on any atom is -0.454 e. The first-order valence-corrected chi connectivity index (χ1v) is 10.3. The predicted molar refractivity (Wildman–Crippen MR) is 109 cm³/mol. The van der Waals surface area contributed by atoms with Crippen molar-refractivity contribution in [1.29, 1.82) is 0 Å². The van der Waals surface area contributed by atoms with Gasteiger partial charge in [-0.1, -0.05) is 30.3 Å². The number of carbonyl (C=O) groups is 2. The number of thiophene rings is 1. The Kier molecular flexibility index (Phi) is 4.24. The van der Waals surface area contributed by atoms with E-state index in [4.69, 9.17) is 4.74 Å². The molecule has 1 N–H and O–H groups in total. The molecule has 28 heavy (non-hydrogen) atoms. The summed E-state index contributed by atoms with van der Waals surface area (Å²) in [5, 5.41) is 3.91. The van der Waals surface area contributed by atoms with Crippen molar-refractivity contribution in [1.82, 2.24) is 0 Å². The minimum atomic E-state index is -0.336. The number of fused-ring (bicyclic) bond motifs is 2. The third kappa shape index (κ3) is 3.12. The molecule has 5 heteroatoms. The Balaban J connectivity index is 1.38. The molecular formula is C23H19NO3S. The van der Waals surface area contributed by atoms with Gasteiger partial charge in [0.25, 0.3) is 5.91 Å². The summed E-state index contributed by atoms with van der Waals surface area (Å²) < 4.78 is 5.59. The predicted octanol–water partition coefficient (Wildman–Crippen LogP) is 4.94. The number of ether oxygens (including phenoxy) is 1. The van der Waals surface area contributed by atoms with Crippen LogP contribution in [0.4, 0.5) is 5.00 Å². The molecule has 1 aromatic heterocycles. The summed E-state index contributed by atoms with van der Waals surface area (Å²) in [4.78, 5) is 26.5. The lowest BCUT2D eigenvalue weighted by Gasteiger charge is -2.25. The van der Waals surface area contributed by atoms with Crippen molar-refractivity contribution >= 4 is 28.2 Å². The summed E-state index contributed by atoms with van der Waals surface area (Å²) >= 11 is 1.67. The lowest BCUT2D eigenvalue weighted by Crippen LogP contribution is -2.22. The number of nitrogens with one attached hydrogen (secondary N) is 1. The molecule has 0 saturated heterocycles. The maximum Gasteiger partial charge on any atom is 0.339 e. The molecule has 0 radical (unpaired) electrons. The van der Waals surface area contributed by atoms with Crippen molar-refractivity contribution in [3.63, 3.8) is 0 Å². The van der Waals surface area contributed by atoms with Crippen molar-refractivity contribution < 1.29 is 14.3 Å². The maximum absolute atomic E-state index is 12.7. The van der Waals surface area contributed by atoms with E-state index in [1.165, 1.54) is 16.9 Å². The Morgan fingerprint density at radius 3 is 2.71 bits per heavy atom. The maximum atomic E-state index is 12.7. The standard InChI is InChI=1S/C23H19NO3S/c25-22(24-21-13-15-7-4-8-20(15)28-21)16-9-10-18-17(11-16)12-19(27-23(18)26)14-5-2-1-3-6-14/h1-3,5-6,9-11,13,19H,4,7-8,12H2,(H,24,25). The minimum absolute atomic E-state index is 0.141. The van der Waals surface area contributed by atoms with Crippen LogP contribution in [0, 0.1) is 0 Å². The van der Waals surface area contributed by atoms with Crippen LogP contribution >= 0.6 is 11.3 Å². The monoisotopic (exact) mass is 389 g/mol. The third-order valence-corrected chi connectivity index (χ3v) is 6.55. The van der Waals surface area contributed by atoms with Crippen LogP contribution in [0.3, 0.4) is 0 Å². The SMILES string of the molecule is O=C(Nc1cc2c(s1)CCC2)c1ccc2c(c1)CC(c1ccccc1)OC2=O. The van der Waals surface area contributed by atoms with Crippen LogP contribution in [-0.2, 0) is 24.0 Å². The highest BCUT2D eigenvalue weighted by Crippen LogP contribution is 2.34. The summed E-state index contributed by atoms with van der Waals surface area (Å²) in [7, 11) is 0. The van der Waals surface area contributed by atoms with E-state index < -0.39 is 0 Å². The Bertz CT molecular complexity index is 1050. The summed E-state index contributed by atoms with van der Waals surface area (Å²) in [6, 6.07) is 17.0. The van der Waals surface area contributed by atoms with E-state index in [2.05, 4.69) is 11.4 Å². The number of cyclic esters (lactones) is 1. The highest BCUT2D eigenvalue weighted by atomic mass is 32.1. The number of aryl methyl sites for hydroxylation is 2. The molecule has 1 aliphatic heterocycles. The van der Waals surface area contributed by atoms with E-state index in [1.54, 1.807) is 23.5 Å². The molecule has 1 unspecified atom stereocenters. The van der Waals surface area contributed by atoms with Gasteiger partial charge in [0, 0.05) is 16.9 Å². The summed E-state index contributed by atoms with van der Waals surface area (Å²) in [6.45, 7) is 0. The second-order valence-electron chi connectivity index (χ2n) is 7.25. The molecule has 0 fully saturated rings. The van der Waals surface area contributed by atoms with Crippen LogP contribution in [0.2, 0.25) is 0 Å². The zero-order valence-corrected chi connectivity index (χ0v) is 16.1. The van der Waals surface area contributed by atoms with Gasteiger partial charge in [-0.2, -0.15) is 0 Å². The van der Waals surface area contributed by atoms with Gasteiger partial charge in [-0.05, 0) is 60.2 Å². The molecule has 5 rings (SSSR count). The Labute approximate surface area is 167 Å². The van der Waals surface area contributed by atoms with E-state index in [-0.39, 0.29) is 18.0 Å². The first-order valence-electron chi connectivity index (χ1n) is 9.49. The second kappa shape index (κ2) is 6.91. The van der Waals surface area contributed by atoms with E-state index in [1.807, 2.05) is 36.4 Å². The molecule has 1 amide bonds. The zero-order valence-electron chi connectivity index (χ0n) is 15.2. The number of rotatable bonds is 3. The van der Waals surface area contributed by atoms with Crippen molar-refractivity contribution in [2.75, 3.05) is 5.32 Å². The van der Waals surface area contributed by atoms with Crippen LogP contribution in [0.1, 0.15) is 54.8 Å². The van der Waals surface area contributed by atoms with Crippen LogP contribution in [0.5, 0.6) is 0 Å². The fourth-order valence-corrected chi connectivity index (χ4v) is 5.11. The quantitative estimate of drug-likeness (QED) is 0.645. The molecule has 2 aliphatic rings. The van der Waals surface area contributed by atoms with Gasteiger partial charge in [0.15, 0.2) is 0 Å². The molecule has 1 atom stereocenters. The molecular weight excluding hydrogens is 370 g/mol. The van der Waals surface area contributed by atoms with E-state index in [0.29, 0.717) is 17.5 Å². The van der Waals surface area contributed by atoms with Crippen molar-refractivity contribution in [3.8, 4) is 0 Å². The lowest BCUT2D eigenvalue weighted by molar-refractivity contribution is 0.0252. The molecule has 2 heterocycles. The number of amides is 1. The number of anilines is 1. The smallest absolute Gasteiger partial charge is 0.339 e. The molecule has 4 nitrogen and oxygen atoms in total. The highest BCUT2D eigenvalue weighted by molar-refractivity contribution is 7.16. The first kappa shape index (κ1) is 17.2. The van der Waals surface area contributed by atoms with Gasteiger partial charge in [0.1, 0.15) is 6.10 Å². The highest BCUT2D eigenvalue weighted by Gasteiger charge is 2.28. The van der Waals surface area contributed by atoms with Crippen LogP contribution in [-0.4, -0.2) is 11.9 Å². The van der Waals surface area contributed by atoms with Crippen LogP contribution < -0.4 is 5.32 Å². The third-order valence-electron chi connectivity index (χ3n) is 5.40. The number of esters is 1. The van der Waals surface area contributed by atoms with Gasteiger partial charge >= 0.3 is 5.97 Å². The molecule has 3 aromatic rings. The number of carbonyl (C=O) groups excluding carboxylic acids is 2. The lowest BCUT2D eigenvalue weighted by atomic mass is 9.93. The van der Waals surface area contributed by atoms with Crippen molar-refractivity contribution in [2.24, 2.45) is 0 Å². The van der Waals surface area contributed by atoms with Crippen LogP contribution in [0.25, 0.3) is 0 Å². The number of hydrogen-bond acceptors (Lipinski definition) is 4. The van der Waals surface area contributed by atoms with Gasteiger partial charge in [-0.15, -0.1) is 11.3 Å². The van der Waals surface area contributed by atoms with Gasteiger partial charge in [-0.25, -0.2) is 4.79 Å². The van der Waals surface area contributed by atoms with Crippen molar-refractivity contribution in [2.45, 2.75) is 31.8 Å². The molecule has 1 aliphatic carbocycles. The van der Waals surface area contributed by atoms with E-state index >= 15 is 0 Å². The first-order chi connectivity index (χ1) is 13.7. The topological polar surface area (TPSA) is 55.4 Å². The molecule has 0 bridgehead atoms. The number of benzene rings is 2. The summed E-state index contributed by atoms with van der Waals surface area (Å²) in [6.07, 6.45) is 3.67. The Morgan fingerprint density at radius 1 is 1.04 bits per heavy atom. The molecule has 0 saturated carbocycles. The average molecular weight is 389 g/mol. The summed E-state index contributed by atoms with van der Waals surface area (Å²) in [5.74, 6) is -0.477. The normalized spacial score (nSPS) is 17.6. The summed E-state index contributed by atoms with van der Waals surface area (Å²) in [5.41, 5.74) is 4.28.